The summed E-state index contributed by atoms with van der Waals surface area (Å²) in [6.45, 7) is 1.88. The largest absolute Gasteiger partial charge is 0.352 e. The summed E-state index contributed by atoms with van der Waals surface area (Å²) in [4.78, 5) is 13.1. The fourth-order valence-electron chi connectivity index (χ4n) is 2.39. The molecule has 6 heteroatoms. The molecule has 0 saturated heterocycles. The lowest BCUT2D eigenvalue weighted by Crippen LogP contribution is -2.43. The van der Waals surface area contributed by atoms with Crippen molar-refractivity contribution in [3.63, 3.8) is 0 Å². The smallest absolute Gasteiger partial charge is 0.233 e. The van der Waals surface area contributed by atoms with Gasteiger partial charge in [0.05, 0.1) is 10.3 Å². The molecule has 1 amide bonds. The summed E-state index contributed by atoms with van der Waals surface area (Å²) in [5, 5.41) is 4.13. The zero-order valence-electron chi connectivity index (χ0n) is 11.9. The van der Waals surface area contributed by atoms with Crippen molar-refractivity contribution in [2.75, 3.05) is 0 Å². The number of benzene rings is 1. The summed E-state index contributed by atoms with van der Waals surface area (Å²) in [7, 11) is 0. The highest BCUT2D eigenvalue weighted by atomic mass is 35.5. The van der Waals surface area contributed by atoms with Gasteiger partial charge in [0.25, 0.3) is 0 Å². The number of hydrogen-bond donors (Lipinski definition) is 2. The average Bonchev–Trinajstić information content (AvgIpc) is 2.45. The predicted octanol–water partition coefficient (Wildman–Crippen LogP) is 3.86. The number of halogens is 2. The molecule has 1 aliphatic rings. The SMILES string of the molecule is CC(Sc1cc(Cl)ccc1Cl)C(=O)NC1CCC(N)CC1. The van der Waals surface area contributed by atoms with E-state index >= 15 is 0 Å². The van der Waals surface area contributed by atoms with Crippen LogP contribution >= 0.6 is 35.0 Å². The molecule has 0 radical (unpaired) electrons. The molecule has 0 bridgehead atoms. The van der Waals surface area contributed by atoms with Gasteiger partial charge >= 0.3 is 0 Å². The maximum Gasteiger partial charge on any atom is 0.233 e. The lowest BCUT2D eigenvalue weighted by Gasteiger charge is -2.27. The van der Waals surface area contributed by atoms with Gasteiger partial charge < -0.3 is 11.1 Å². The van der Waals surface area contributed by atoms with Gasteiger partial charge in [0, 0.05) is 22.0 Å². The quantitative estimate of drug-likeness (QED) is 0.813. The van der Waals surface area contributed by atoms with E-state index in [0.29, 0.717) is 10.0 Å². The first-order valence-electron chi connectivity index (χ1n) is 7.13. The zero-order chi connectivity index (χ0) is 15.4. The predicted molar refractivity (Wildman–Crippen MR) is 90.2 cm³/mol. The minimum Gasteiger partial charge on any atom is -0.352 e. The summed E-state index contributed by atoms with van der Waals surface area (Å²) in [6, 6.07) is 5.81. The number of amides is 1. The van der Waals surface area contributed by atoms with Gasteiger partial charge in [-0.3, -0.25) is 4.79 Å². The van der Waals surface area contributed by atoms with E-state index in [2.05, 4.69) is 5.32 Å². The van der Waals surface area contributed by atoms with Gasteiger partial charge in [0.15, 0.2) is 0 Å². The molecule has 3 nitrogen and oxygen atoms in total. The van der Waals surface area contributed by atoms with Crippen LogP contribution in [0.2, 0.25) is 10.0 Å². The molecule has 1 aromatic rings. The number of nitrogens with two attached hydrogens (primary N) is 1. The van der Waals surface area contributed by atoms with Crippen molar-refractivity contribution < 1.29 is 4.79 Å². The standard InChI is InChI=1S/C15H20Cl2N2OS/c1-9(21-14-8-10(16)2-7-13(14)17)15(20)19-12-5-3-11(18)4-6-12/h2,7-9,11-12H,3-6,18H2,1H3,(H,19,20). The van der Waals surface area contributed by atoms with Crippen LogP contribution in [0.25, 0.3) is 0 Å². The Bertz CT molecular complexity index is 504. The highest BCUT2D eigenvalue weighted by Crippen LogP contribution is 2.32. The maximum atomic E-state index is 12.3. The van der Waals surface area contributed by atoms with Crippen molar-refractivity contribution >= 4 is 40.9 Å². The molecule has 1 aromatic carbocycles. The van der Waals surface area contributed by atoms with Crippen LogP contribution in [0.3, 0.4) is 0 Å². The van der Waals surface area contributed by atoms with Gasteiger partial charge in [-0.1, -0.05) is 23.2 Å². The second-order valence-corrected chi connectivity index (χ2v) is 7.68. The van der Waals surface area contributed by atoms with E-state index < -0.39 is 0 Å². The highest BCUT2D eigenvalue weighted by Gasteiger charge is 2.23. The highest BCUT2D eigenvalue weighted by molar-refractivity contribution is 8.00. The van der Waals surface area contributed by atoms with Crippen molar-refractivity contribution in [1.82, 2.24) is 5.32 Å². The molecule has 1 aliphatic carbocycles. The minimum atomic E-state index is -0.212. The summed E-state index contributed by atoms with van der Waals surface area (Å²) in [5.74, 6) is 0.0384. The molecule has 0 aromatic heterocycles. The molecule has 0 aliphatic heterocycles. The molecular weight excluding hydrogens is 327 g/mol. The van der Waals surface area contributed by atoms with Gasteiger partial charge in [0.2, 0.25) is 5.91 Å². The molecule has 116 valence electrons. The maximum absolute atomic E-state index is 12.3. The van der Waals surface area contributed by atoms with Gasteiger partial charge in [-0.15, -0.1) is 11.8 Å². The lowest BCUT2D eigenvalue weighted by molar-refractivity contribution is -0.121. The second-order valence-electron chi connectivity index (χ2n) is 5.46. The first kappa shape index (κ1) is 16.9. The number of hydrogen-bond acceptors (Lipinski definition) is 3. The summed E-state index contributed by atoms with van der Waals surface area (Å²) < 4.78 is 0. The third kappa shape index (κ3) is 5.06. The van der Waals surface area contributed by atoms with Gasteiger partial charge in [-0.05, 0) is 50.8 Å². The Morgan fingerprint density at radius 3 is 2.67 bits per heavy atom. The van der Waals surface area contributed by atoms with Crippen LogP contribution in [0.15, 0.2) is 23.1 Å². The van der Waals surface area contributed by atoms with Crippen LogP contribution in [0.1, 0.15) is 32.6 Å². The number of carbonyl (C=O) groups excluding carboxylic acids is 1. The van der Waals surface area contributed by atoms with E-state index in [1.165, 1.54) is 11.8 Å². The van der Waals surface area contributed by atoms with Gasteiger partial charge in [0.1, 0.15) is 0 Å². The van der Waals surface area contributed by atoms with Crippen molar-refractivity contribution in [1.29, 1.82) is 0 Å². The molecular formula is C15H20Cl2N2OS. The first-order chi connectivity index (χ1) is 9.95. The normalized spacial score (nSPS) is 23.6. The monoisotopic (exact) mass is 346 g/mol. The van der Waals surface area contributed by atoms with Crippen LogP contribution in [0.4, 0.5) is 0 Å². The molecule has 1 saturated carbocycles. The Labute approximate surface area is 139 Å². The number of carbonyl (C=O) groups is 1. The van der Waals surface area contributed by atoms with E-state index in [1.54, 1.807) is 18.2 Å². The molecule has 21 heavy (non-hydrogen) atoms. The Kier molecular flexibility index (Phi) is 6.23. The van der Waals surface area contributed by atoms with Crippen molar-refractivity contribution in [2.24, 2.45) is 5.73 Å². The van der Waals surface area contributed by atoms with Crippen LogP contribution < -0.4 is 11.1 Å². The Morgan fingerprint density at radius 1 is 1.33 bits per heavy atom. The summed E-state index contributed by atoms with van der Waals surface area (Å²) >= 11 is 13.5. The fourth-order valence-corrected chi connectivity index (χ4v) is 3.81. The van der Waals surface area contributed by atoms with E-state index in [0.717, 1.165) is 30.6 Å². The molecule has 2 rings (SSSR count). The van der Waals surface area contributed by atoms with Crippen LogP contribution in [0, 0.1) is 0 Å². The van der Waals surface area contributed by atoms with Crippen LogP contribution in [-0.2, 0) is 4.79 Å². The van der Waals surface area contributed by atoms with Crippen molar-refractivity contribution in [2.45, 2.75) is 54.8 Å². The first-order valence-corrected chi connectivity index (χ1v) is 8.77. The third-order valence-corrected chi connectivity index (χ3v) is 5.52. The Morgan fingerprint density at radius 2 is 2.00 bits per heavy atom. The van der Waals surface area contributed by atoms with E-state index in [9.17, 15) is 4.79 Å². The summed E-state index contributed by atoms with van der Waals surface area (Å²) in [5.41, 5.74) is 5.88. The fraction of sp³-hybridized carbons (Fsp3) is 0.533. The van der Waals surface area contributed by atoms with Gasteiger partial charge in [-0.25, -0.2) is 0 Å². The number of rotatable bonds is 4. The number of nitrogens with one attached hydrogen (secondary N) is 1. The summed E-state index contributed by atoms with van der Waals surface area (Å²) in [6.07, 6.45) is 3.88. The van der Waals surface area contributed by atoms with E-state index in [4.69, 9.17) is 28.9 Å². The average molecular weight is 347 g/mol. The van der Waals surface area contributed by atoms with Crippen LogP contribution in [0.5, 0.6) is 0 Å². The number of thioether (sulfide) groups is 1. The Balaban J connectivity index is 1.89. The van der Waals surface area contributed by atoms with Crippen LogP contribution in [-0.4, -0.2) is 23.2 Å². The lowest BCUT2D eigenvalue weighted by atomic mass is 9.92. The third-order valence-electron chi connectivity index (χ3n) is 3.68. The molecule has 3 N–H and O–H groups in total. The second kappa shape index (κ2) is 7.73. The van der Waals surface area contributed by atoms with E-state index in [1.807, 2.05) is 6.92 Å². The molecule has 0 heterocycles. The zero-order valence-corrected chi connectivity index (χ0v) is 14.3. The molecule has 1 fully saturated rings. The topological polar surface area (TPSA) is 55.1 Å². The van der Waals surface area contributed by atoms with Crippen molar-refractivity contribution in [3.8, 4) is 0 Å². The van der Waals surface area contributed by atoms with Crippen molar-refractivity contribution in [3.05, 3.63) is 28.2 Å². The molecule has 1 atom stereocenters. The van der Waals surface area contributed by atoms with Gasteiger partial charge in [-0.2, -0.15) is 0 Å². The molecule has 1 unspecified atom stereocenters. The Hall–Kier alpha value is -0.420. The molecule has 0 spiro atoms. The van der Waals surface area contributed by atoms with E-state index in [-0.39, 0.29) is 23.2 Å². The minimum absolute atomic E-state index is 0.0384.